The summed E-state index contributed by atoms with van der Waals surface area (Å²) < 4.78 is 6.87. The number of aromatic nitrogens is 4. The van der Waals surface area contributed by atoms with Crippen LogP contribution in [0.2, 0.25) is 0 Å². The summed E-state index contributed by atoms with van der Waals surface area (Å²) in [7, 11) is 1.60. The number of hydrogen-bond donors (Lipinski definition) is 1. The predicted molar refractivity (Wildman–Crippen MR) is 93.7 cm³/mol. The van der Waals surface area contributed by atoms with Gasteiger partial charge in [-0.1, -0.05) is 17.8 Å². The molecule has 0 aliphatic rings. The van der Waals surface area contributed by atoms with E-state index >= 15 is 0 Å². The summed E-state index contributed by atoms with van der Waals surface area (Å²) >= 11 is 1.36. The van der Waals surface area contributed by atoms with Gasteiger partial charge in [-0.05, 0) is 19.1 Å². The molecule has 0 saturated carbocycles. The highest BCUT2D eigenvalue weighted by Gasteiger charge is 2.20. The fourth-order valence-electron chi connectivity index (χ4n) is 2.02. The third-order valence-electron chi connectivity index (χ3n) is 3.22. The van der Waals surface area contributed by atoms with Gasteiger partial charge in [0.25, 0.3) is 0 Å². The SMILES string of the molecule is C=CCn1c(S[C@H](C)C(=O)NCCOC)nnc1-c1ccncc1. The van der Waals surface area contributed by atoms with Crippen LogP contribution in [0.3, 0.4) is 0 Å². The maximum Gasteiger partial charge on any atom is 0.233 e. The summed E-state index contributed by atoms with van der Waals surface area (Å²) in [6, 6.07) is 3.75. The summed E-state index contributed by atoms with van der Waals surface area (Å²) in [4.78, 5) is 16.1. The average molecular weight is 347 g/mol. The van der Waals surface area contributed by atoms with E-state index in [2.05, 4.69) is 27.1 Å². The monoisotopic (exact) mass is 347 g/mol. The number of pyridine rings is 1. The van der Waals surface area contributed by atoms with E-state index in [1.54, 1.807) is 25.6 Å². The molecule has 0 aliphatic carbocycles. The molecule has 0 aliphatic heterocycles. The minimum atomic E-state index is -0.292. The number of thioether (sulfide) groups is 1. The second-order valence-corrected chi connectivity index (χ2v) is 6.29. The lowest BCUT2D eigenvalue weighted by atomic mass is 10.2. The molecule has 8 heteroatoms. The van der Waals surface area contributed by atoms with E-state index in [-0.39, 0.29) is 11.2 Å². The van der Waals surface area contributed by atoms with Gasteiger partial charge in [0, 0.05) is 38.2 Å². The molecule has 2 aromatic heterocycles. The normalized spacial score (nSPS) is 11.9. The fraction of sp³-hybridized carbons (Fsp3) is 0.375. The Balaban J connectivity index is 2.14. The Morgan fingerprint density at radius 2 is 2.21 bits per heavy atom. The molecule has 24 heavy (non-hydrogen) atoms. The van der Waals surface area contributed by atoms with Crippen LogP contribution < -0.4 is 5.32 Å². The van der Waals surface area contributed by atoms with E-state index in [0.29, 0.717) is 24.9 Å². The van der Waals surface area contributed by atoms with Crippen molar-refractivity contribution in [2.75, 3.05) is 20.3 Å². The topological polar surface area (TPSA) is 81.9 Å². The molecule has 0 radical (unpaired) electrons. The summed E-state index contributed by atoms with van der Waals surface area (Å²) in [5.41, 5.74) is 0.920. The number of nitrogens with zero attached hydrogens (tertiary/aromatic N) is 4. The Hall–Kier alpha value is -2.19. The number of carbonyl (C=O) groups excluding carboxylic acids is 1. The van der Waals surface area contributed by atoms with Crippen molar-refractivity contribution < 1.29 is 9.53 Å². The van der Waals surface area contributed by atoms with Gasteiger partial charge in [0.1, 0.15) is 0 Å². The number of carbonyl (C=O) groups is 1. The Morgan fingerprint density at radius 3 is 2.88 bits per heavy atom. The first-order valence-electron chi connectivity index (χ1n) is 7.55. The first kappa shape index (κ1) is 18.2. The third-order valence-corrected chi connectivity index (χ3v) is 4.30. The van der Waals surface area contributed by atoms with Crippen LogP contribution in [0.5, 0.6) is 0 Å². The number of nitrogens with one attached hydrogen (secondary N) is 1. The van der Waals surface area contributed by atoms with Crippen LogP contribution in [0, 0.1) is 0 Å². The van der Waals surface area contributed by atoms with Crippen LogP contribution in [-0.2, 0) is 16.1 Å². The van der Waals surface area contributed by atoms with E-state index in [9.17, 15) is 4.79 Å². The van der Waals surface area contributed by atoms with Gasteiger partial charge in [-0.15, -0.1) is 16.8 Å². The average Bonchev–Trinajstić information content (AvgIpc) is 2.98. The minimum Gasteiger partial charge on any atom is -0.383 e. The molecule has 7 nitrogen and oxygen atoms in total. The van der Waals surface area contributed by atoms with Crippen molar-refractivity contribution in [2.24, 2.45) is 0 Å². The van der Waals surface area contributed by atoms with Crippen molar-refractivity contribution in [3.63, 3.8) is 0 Å². The molecule has 0 fully saturated rings. The van der Waals surface area contributed by atoms with Gasteiger partial charge in [-0.2, -0.15) is 0 Å². The lowest BCUT2D eigenvalue weighted by Crippen LogP contribution is -2.33. The molecule has 1 N–H and O–H groups in total. The molecule has 1 atom stereocenters. The van der Waals surface area contributed by atoms with Gasteiger partial charge < -0.3 is 10.1 Å². The van der Waals surface area contributed by atoms with Gasteiger partial charge in [0.15, 0.2) is 11.0 Å². The maximum absolute atomic E-state index is 12.1. The molecule has 1 amide bonds. The number of rotatable bonds is 9. The summed E-state index contributed by atoms with van der Waals surface area (Å²) in [6.45, 7) is 7.16. The van der Waals surface area contributed by atoms with Crippen molar-refractivity contribution >= 4 is 17.7 Å². The van der Waals surface area contributed by atoms with Gasteiger partial charge in [0.2, 0.25) is 5.91 Å². The Kier molecular flexibility index (Phi) is 6.95. The van der Waals surface area contributed by atoms with Crippen LogP contribution in [-0.4, -0.2) is 51.2 Å². The second kappa shape index (κ2) is 9.19. The van der Waals surface area contributed by atoms with Crippen LogP contribution in [0.15, 0.2) is 42.3 Å². The van der Waals surface area contributed by atoms with Crippen LogP contribution >= 0.6 is 11.8 Å². The quantitative estimate of drug-likeness (QED) is 0.423. The summed E-state index contributed by atoms with van der Waals surface area (Å²) in [5, 5.41) is 11.7. The number of allylic oxidation sites excluding steroid dienone is 1. The Labute approximate surface area is 145 Å². The summed E-state index contributed by atoms with van der Waals surface area (Å²) in [5.74, 6) is 0.669. The molecule has 2 rings (SSSR count). The van der Waals surface area contributed by atoms with Gasteiger partial charge in [-0.3, -0.25) is 14.3 Å². The lowest BCUT2D eigenvalue weighted by molar-refractivity contribution is -0.120. The van der Waals surface area contributed by atoms with Crippen molar-refractivity contribution in [1.29, 1.82) is 0 Å². The molecule has 0 unspecified atom stereocenters. The molecule has 0 spiro atoms. The first-order valence-corrected chi connectivity index (χ1v) is 8.43. The van der Waals surface area contributed by atoms with Crippen LogP contribution in [0.4, 0.5) is 0 Å². The highest BCUT2D eigenvalue weighted by atomic mass is 32.2. The highest BCUT2D eigenvalue weighted by Crippen LogP contribution is 2.26. The zero-order chi connectivity index (χ0) is 17.4. The van der Waals surface area contributed by atoms with E-state index in [4.69, 9.17) is 4.74 Å². The van der Waals surface area contributed by atoms with Gasteiger partial charge >= 0.3 is 0 Å². The Bertz CT molecular complexity index is 674. The van der Waals surface area contributed by atoms with Gasteiger partial charge in [-0.25, -0.2) is 0 Å². The fourth-order valence-corrected chi connectivity index (χ4v) is 2.90. The predicted octanol–water partition coefficient (Wildman–Crippen LogP) is 1.77. The maximum atomic E-state index is 12.1. The molecular weight excluding hydrogens is 326 g/mol. The number of hydrogen-bond acceptors (Lipinski definition) is 6. The lowest BCUT2D eigenvalue weighted by Gasteiger charge is -2.12. The zero-order valence-corrected chi connectivity index (χ0v) is 14.6. The molecule has 128 valence electrons. The Morgan fingerprint density at radius 1 is 1.46 bits per heavy atom. The summed E-state index contributed by atoms with van der Waals surface area (Å²) in [6.07, 6.45) is 5.20. The molecule has 2 heterocycles. The van der Waals surface area contributed by atoms with Crippen LogP contribution in [0.1, 0.15) is 6.92 Å². The van der Waals surface area contributed by atoms with E-state index in [1.807, 2.05) is 23.6 Å². The molecule has 0 aromatic carbocycles. The number of methoxy groups -OCH3 is 1. The van der Waals surface area contributed by atoms with Crippen molar-refractivity contribution in [2.45, 2.75) is 23.9 Å². The van der Waals surface area contributed by atoms with Crippen molar-refractivity contribution in [3.8, 4) is 11.4 Å². The minimum absolute atomic E-state index is 0.0596. The molecule has 0 saturated heterocycles. The van der Waals surface area contributed by atoms with E-state index < -0.39 is 0 Å². The van der Waals surface area contributed by atoms with Crippen molar-refractivity contribution in [3.05, 3.63) is 37.2 Å². The standard InChI is InChI=1S/C16H21N5O2S/c1-4-10-21-14(13-5-7-17-8-6-13)19-20-16(21)24-12(2)15(22)18-9-11-23-3/h4-8,12H,1,9-11H2,2-3H3,(H,18,22)/t12-/m1/s1. The zero-order valence-electron chi connectivity index (χ0n) is 13.8. The number of ether oxygens (including phenoxy) is 1. The molecule has 0 bridgehead atoms. The van der Waals surface area contributed by atoms with E-state index in [1.165, 1.54) is 11.8 Å². The van der Waals surface area contributed by atoms with Crippen molar-refractivity contribution in [1.82, 2.24) is 25.1 Å². The molecule has 2 aromatic rings. The third kappa shape index (κ3) is 4.65. The first-order chi connectivity index (χ1) is 11.7. The van der Waals surface area contributed by atoms with Crippen LogP contribution in [0.25, 0.3) is 11.4 Å². The second-order valence-electron chi connectivity index (χ2n) is 4.99. The van der Waals surface area contributed by atoms with E-state index in [0.717, 1.165) is 11.4 Å². The molecular formula is C16H21N5O2S. The number of amides is 1. The van der Waals surface area contributed by atoms with Gasteiger partial charge in [0.05, 0.1) is 11.9 Å². The smallest absolute Gasteiger partial charge is 0.233 e. The largest absolute Gasteiger partial charge is 0.383 e. The highest BCUT2D eigenvalue weighted by molar-refractivity contribution is 8.00.